The topological polar surface area (TPSA) is 82.3 Å². The Balaban J connectivity index is 1.62. The summed E-state index contributed by atoms with van der Waals surface area (Å²) in [5.41, 5.74) is 8.79. The number of benzene rings is 2. The molecule has 0 atom stereocenters. The second kappa shape index (κ2) is 7.07. The molecule has 27 heavy (non-hydrogen) atoms. The van der Waals surface area contributed by atoms with Crippen LogP contribution in [0.2, 0.25) is 0 Å². The number of fused-ring (bicyclic) bond motifs is 1. The van der Waals surface area contributed by atoms with Crippen LogP contribution in [0.4, 0.5) is 4.39 Å². The number of carbonyl (C=O) groups excluding carboxylic acids is 1. The van der Waals surface area contributed by atoms with Crippen molar-refractivity contribution in [2.45, 2.75) is 19.3 Å². The average molecular weight is 364 g/mol. The lowest BCUT2D eigenvalue weighted by atomic mass is 9.99. The molecule has 4 aromatic rings. The number of furan rings is 1. The molecule has 0 bridgehead atoms. The number of nitrogens with two attached hydrogens (primary N) is 1. The summed E-state index contributed by atoms with van der Waals surface area (Å²) in [6.45, 7) is 0. The summed E-state index contributed by atoms with van der Waals surface area (Å²) in [6, 6.07) is 14.0. The molecule has 0 radical (unpaired) electrons. The molecule has 0 saturated carbocycles. The van der Waals surface area contributed by atoms with Crippen LogP contribution in [-0.4, -0.2) is 11.1 Å². The van der Waals surface area contributed by atoms with Crippen molar-refractivity contribution in [3.63, 3.8) is 0 Å². The second-order valence-electron chi connectivity index (χ2n) is 6.36. The van der Waals surface area contributed by atoms with Crippen molar-refractivity contribution in [3.8, 4) is 0 Å². The largest absolute Gasteiger partial charge is 0.464 e. The molecular weight excluding hydrogens is 347 g/mol. The van der Waals surface area contributed by atoms with Gasteiger partial charge in [-0.25, -0.2) is 4.39 Å². The molecule has 0 spiro atoms. The first-order valence-electron chi connectivity index (χ1n) is 8.58. The van der Waals surface area contributed by atoms with Gasteiger partial charge < -0.3 is 14.7 Å². The van der Waals surface area contributed by atoms with Gasteiger partial charge in [-0.05, 0) is 42.2 Å². The molecule has 0 aliphatic carbocycles. The van der Waals surface area contributed by atoms with Gasteiger partial charge in [0, 0.05) is 17.4 Å². The van der Waals surface area contributed by atoms with Crippen molar-refractivity contribution in [1.29, 1.82) is 0 Å². The van der Waals surface area contributed by atoms with E-state index in [0.717, 1.165) is 22.1 Å². The highest BCUT2D eigenvalue weighted by Crippen LogP contribution is 2.25. The van der Waals surface area contributed by atoms with Crippen LogP contribution in [-0.2, 0) is 19.3 Å². The molecule has 2 N–H and O–H groups in total. The molecule has 5 nitrogen and oxygen atoms in total. The lowest BCUT2D eigenvalue weighted by Gasteiger charge is -2.04. The van der Waals surface area contributed by atoms with E-state index in [9.17, 15) is 9.18 Å². The average Bonchev–Trinajstić information content (AvgIpc) is 3.24. The van der Waals surface area contributed by atoms with Gasteiger partial charge in [0.25, 0.3) is 5.91 Å². The van der Waals surface area contributed by atoms with Crippen molar-refractivity contribution in [2.24, 2.45) is 5.73 Å². The Bertz CT molecular complexity index is 1110. The quantitative estimate of drug-likeness (QED) is 0.560. The summed E-state index contributed by atoms with van der Waals surface area (Å²) in [5.74, 6) is -0.452. The Kier molecular flexibility index (Phi) is 4.46. The van der Waals surface area contributed by atoms with E-state index in [1.54, 1.807) is 18.4 Å². The van der Waals surface area contributed by atoms with Gasteiger partial charge in [-0.1, -0.05) is 35.5 Å². The molecule has 2 aromatic heterocycles. The number of aryl methyl sites for hydroxylation is 1. The van der Waals surface area contributed by atoms with Crippen molar-refractivity contribution in [1.82, 2.24) is 5.16 Å². The molecule has 136 valence electrons. The fraction of sp³-hybridized carbons (Fsp3) is 0.143. The van der Waals surface area contributed by atoms with E-state index in [2.05, 4.69) is 5.16 Å². The van der Waals surface area contributed by atoms with Crippen LogP contribution in [0.3, 0.4) is 0 Å². The molecule has 4 rings (SSSR count). The van der Waals surface area contributed by atoms with Gasteiger partial charge in [0.1, 0.15) is 17.2 Å². The third-order valence-electron chi connectivity index (χ3n) is 4.56. The SMILES string of the molecule is NC(=O)c1noc(Cc2cccc(F)c2)c1CCc1coc2ccccc12. The standard InChI is InChI=1S/C21H17FN2O3/c22-15-5-3-4-13(10-15)11-19-17(20(21(23)25)24-27-19)9-8-14-12-26-18-7-2-1-6-16(14)18/h1-7,10,12H,8-9,11H2,(H2,23,25). The van der Waals surface area contributed by atoms with E-state index in [4.69, 9.17) is 14.7 Å². The fourth-order valence-corrected chi connectivity index (χ4v) is 3.25. The number of primary amides is 1. The summed E-state index contributed by atoms with van der Waals surface area (Å²) in [4.78, 5) is 11.7. The molecule has 0 saturated heterocycles. The van der Waals surface area contributed by atoms with Crippen LogP contribution in [0.15, 0.2) is 63.7 Å². The first-order valence-corrected chi connectivity index (χ1v) is 8.58. The monoisotopic (exact) mass is 364 g/mol. The highest BCUT2D eigenvalue weighted by Gasteiger charge is 2.21. The first kappa shape index (κ1) is 17.0. The zero-order valence-electron chi connectivity index (χ0n) is 14.4. The zero-order valence-corrected chi connectivity index (χ0v) is 14.4. The van der Waals surface area contributed by atoms with Gasteiger partial charge in [-0.3, -0.25) is 4.79 Å². The minimum absolute atomic E-state index is 0.120. The number of hydrogen-bond donors (Lipinski definition) is 1. The predicted octanol–water partition coefficient (Wildman–Crippen LogP) is 4.03. The Morgan fingerprint density at radius 2 is 1.96 bits per heavy atom. The molecule has 2 aromatic carbocycles. The van der Waals surface area contributed by atoms with Gasteiger partial charge in [0.2, 0.25) is 0 Å². The van der Waals surface area contributed by atoms with E-state index >= 15 is 0 Å². The minimum atomic E-state index is -0.642. The number of nitrogens with zero attached hydrogens (tertiary/aromatic N) is 1. The molecule has 0 aliphatic rings. The number of amides is 1. The summed E-state index contributed by atoms with van der Waals surface area (Å²) in [6.07, 6.45) is 3.19. The molecule has 0 unspecified atom stereocenters. The number of carbonyl (C=O) groups is 1. The Labute approximate surface area is 154 Å². The normalized spacial score (nSPS) is 11.1. The third-order valence-corrected chi connectivity index (χ3v) is 4.56. The van der Waals surface area contributed by atoms with Crippen LogP contribution >= 0.6 is 0 Å². The van der Waals surface area contributed by atoms with E-state index in [1.165, 1.54) is 12.1 Å². The van der Waals surface area contributed by atoms with E-state index in [1.807, 2.05) is 24.3 Å². The maximum absolute atomic E-state index is 13.5. The second-order valence-corrected chi connectivity index (χ2v) is 6.36. The lowest BCUT2D eigenvalue weighted by Crippen LogP contribution is -2.14. The number of para-hydroxylation sites is 1. The predicted molar refractivity (Wildman–Crippen MR) is 97.8 cm³/mol. The van der Waals surface area contributed by atoms with Crippen molar-refractivity contribution < 1.29 is 18.1 Å². The number of aromatic nitrogens is 1. The molecule has 1 amide bonds. The van der Waals surface area contributed by atoms with Gasteiger partial charge in [-0.2, -0.15) is 0 Å². The number of halogens is 1. The molecule has 0 aliphatic heterocycles. The summed E-state index contributed by atoms with van der Waals surface area (Å²) >= 11 is 0. The van der Waals surface area contributed by atoms with Crippen molar-refractivity contribution in [3.05, 3.63) is 88.8 Å². The van der Waals surface area contributed by atoms with Gasteiger partial charge in [-0.15, -0.1) is 0 Å². The Hall–Kier alpha value is -3.41. The van der Waals surface area contributed by atoms with Crippen LogP contribution in [0.1, 0.15) is 32.9 Å². The Morgan fingerprint density at radius 3 is 2.78 bits per heavy atom. The lowest BCUT2D eigenvalue weighted by molar-refractivity contribution is 0.0991. The van der Waals surface area contributed by atoms with Gasteiger partial charge in [0.05, 0.1) is 6.26 Å². The van der Waals surface area contributed by atoms with Crippen LogP contribution in [0.25, 0.3) is 11.0 Å². The smallest absolute Gasteiger partial charge is 0.271 e. The van der Waals surface area contributed by atoms with Crippen molar-refractivity contribution >= 4 is 16.9 Å². The summed E-state index contributed by atoms with van der Waals surface area (Å²) in [7, 11) is 0. The maximum Gasteiger partial charge on any atom is 0.271 e. The van der Waals surface area contributed by atoms with Crippen molar-refractivity contribution in [2.75, 3.05) is 0 Å². The van der Waals surface area contributed by atoms with Gasteiger partial charge >= 0.3 is 0 Å². The summed E-state index contributed by atoms with van der Waals surface area (Å²) < 4.78 is 24.4. The van der Waals surface area contributed by atoms with E-state index in [-0.39, 0.29) is 11.5 Å². The van der Waals surface area contributed by atoms with Crippen LogP contribution in [0.5, 0.6) is 0 Å². The third kappa shape index (κ3) is 3.46. The minimum Gasteiger partial charge on any atom is -0.464 e. The molecule has 6 heteroatoms. The zero-order chi connectivity index (χ0) is 18.8. The van der Waals surface area contributed by atoms with Crippen LogP contribution < -0.4 is 5.73 Å². The molecule has 2 heterocycles. The van der Waals surface area contributed by atoms with E-state index in [0.29, 0.717) is 30.6 Å². The Morgan fingerprint density at radius 1 is 1.11 bits per heavy atom. The maximum atomic E-state index is 13.5. The highest BCUT2D eigenvalue weighted by molar-refractivity contribution is 5.92. The fourth-order valence-electron chi connectivity index (χ4n) is 3.25. The van der Waals surface area contributed by atoms with Gasteiger partial charge in [0.15, 0.2) is 5.69 Å². The molecule has 0 fully saturated rings. The molecular formula is C21H17FN2O3. The first-order chi connectivity index (χ1) is 13.1. The number of rotatable bonds is 6. The highest BCUT2D eigenvalue weighted by atomic mass is 19.1. The number of hydrogen-bond acceptors (Lipinski definition) is 4. The van der Waals surface area contributed by atoms with E-state index < -0.39 is 5.91 Å². The van der Waals surface area contributed by atoms with Crippen LogP contribution in [0, 0.1) is 5.82 Å². The summed E-state index contributed by atoms with van der Waals surface area (Å²) in [5, 5.41) is 4.86.